The van der Waals surface area contributed by atoms with Gasteiger partial charge in [0, 0.05) is 65.6 Å². The van der Waals surface area contributed by atoms with E-state index in [0.29, 0.717) is 16.8 Å². The largest absolute Gasteiger partial charge is 0.444 e. The van der Waals surface area contributed by atoms with Crippen LogP contribution in [-0.2, 0) is 11.3 Å². The Kier molecular flexibility index (Phi) is 9.88. The van der Waals surface area contributed by atoms with Crippen molar-refractivity contribution in [1.29, 1.82) is 0 Å². The maximum absolute atomic E-state index is 13.7. The molecule has 2 amide bonds. The van der Waals surface area contributed by atoms with Crippen LogP contribution in [0, 0.1) is 20.8 Å². The average molecular weight is 589 g/mol. The number of aromatic amines is 1. The van der Waals surface area contributed by atoms with Crippen LogP contribution >= 0.6 is 0 Å². The molecule has 1 fully saturated rings. The molecule has 0 bridgehead atoms. The van der Waals surface area contributed by atoms with E-state index in [1.807, 2.05) is 53.7 Å². The van der Waals surface area contributed by atoms with E-state index in [1.165, 1.54) is 0 Å². The van der Waals surface area contributed by atoms with Crippen molar-refractivity contribution in [3.05, 3.63) is 75.1 Å². The molecule has 1 aliphatic rings. The van der Waals surface area contributed by atoms with Crippen molar-refractivity contribution in [3.8, 4) is 11.3 Å². The van der Waals surface area contributed by atoms with Crippen molar-refractivity contribution in [2.45, 2.75) is 98.4 Å². The fourth-order valence-electron chi connectivity index (χ4n) is 5.83. The smallest absolute Gasteiger partial charge is 0.407 e. The number of benzene rings is 1. The van der Waals surface area contributed by atoms with Crippen LogP contribution in [0.2, 0.25) is 0 Å². The number of aromatic nitrogens is 3. The van der Waals surface area contributed by atoms with E-state index in [0.717, 1.165) is 60.3 Å². The minimum absolute atomic E-state index is 0.0616. The summed E-state index contributed by atoms with van der Waals surface area (Å²) in [5.74, 6) is -0.259. The van der Waals surface area contributed by atoms with E-state index in [9.17, 15) is 14.4 Å². The van der Waals surface area contributed by atoms with Crippen LogP contribution in [0.1, 0.15) is 86.1 Å². The van der Waals surface area contributed by atoms with E-state index in [-0.39, 0.29) is 36.2 Å². The molecule has 10 heteroatoms. The van der Waals surface area contributed by atoms with E-state index >= 15 is 0 Å². The Bertz CT molecular complexity index is 1500. The summed E-state index contributed by atoms with van der Waals surface area (Å²) < 4.78 is 5.45. The maximum Gasteiger partial charge on any atom is 0.407 e. The van der Waals surface area contributed by atoms with Gasteiger partial charge in [0.2, 0.25) is 0 Å². The van der Waals surface area contributed by atoms with E-state index < -0.39 is 5.60 Å². The van der Waals surface area contributed by atoms with Gasteiger partial charge in [-0.3, -0.25) is 19.6 Å². The summed E-state index contributed by atoms with van der Waals surface area (Å²) in [7, 11) is 0. The van der Waals surface area contributed by atoms with E-state index in [2.05, 4.69) is 43.5 Å². The third kappa shape index (κ3) is 8.00. The number of pyridine rings is 1. The van der Waals surface area contributed by atoms with Crippen LogP contribution in [-0.4, -0.2) is 51.2 Å². The van der Waals surface area contributed by atoms with Gasteiger partial charge < -0.3 is 25.3 Å². The molecule has 0 unspecified atom stereocenters. The first-order valence-electron chi connectivity index (χ1n) is 15.0. The predicted octanol–water partition coefficient (Wildman–Crippen LogP) is 5.35. The van der Waals surface area contributed by atoms with Crippen molar-refractivity contribution in [1.82, 2.24) is 25.6 Å². The monoisotopic (exact) mass is 588 g/mol. The van der Waals surface area contributed by atoms with Crippen molar-refractivity contribution in [2.75, 3.05) is 11.4 Å². The first-order valence-corrected chi connectivity index (χ1v) is 15.0. The fourth-order valence-corrected chi connectivity index (χ4v) is 5.83. The van der Waals surface area contributed by atoms with Gasteiger partial charge in [-0.25, -0.2) is 4.79 Å². The summed E-state index contributed by atoms with van der Waals surface area (Å²) in [5.41, 5.74) is 5.23. The van der Waals surface area contributed by atoms with E-state index in [1.54, 1.807) is 18.6 Å². The molecule has 2 aromatic heterocycles. The minimum atomic E-state index is -0.537. The van der Waals surface area contributed by atoms with Crippen LogP contribution in [0.25, 0.3) is 11.3 Å². The van der Waals surface area contributed by atoms with Crippen LogP contribution < -0.4 is 21.1 Å². The number of carbonyl (C=O) groups is 2. The summed E-state index contributed by atoms with van der Waals surface area (Å²) in [6, 6.07) is 6.13. The SMILES string of the molecule is CCN(c1cc(-c2cnccn2)cc(C(=O)NCc2c(C)cc(C)[nH]c2=O)c1C)C1CCC(NC(=O)OC(C)(C)C)CC1. The van der Waals surface area contributed by atoms with Gasteiger partial charge in [-0.2, -0.15) is 0 Å². The lowest BCUT2D eigenvalue weighted by Crippen LogP contribution is -2.45. The second-order valence-corrected chi connectivity index (χ2v) is 12.3. The highest BCUT2D eigenvalue weighted by atomic mass is 16.6. The number of amides is 2. The third-order valence-electron chi connectivity index (χ3n) is 7.91. The van der Waals surface area contributed by atoms with Gasteiger partial charge in [-0.1, -0.05) is 0 Å². The number of ether oxygens (including phenoxy) is 1. The van der Waals surface area contributed by atoms with Gasteiger partial charge in [-0.15, -0.1) is 0 Å². The number of anilines is 1. The number of rotatable bonds is 8. The quantitative estimate of drug-likeness (QED) is 0.324. The highest BCUT2D eigenvalue weighted by Gasteiger charge is 2.29. The highest BCUT2D eigenvalue weighted by molar-refractivity contribution is 5.98. The average Bonchev–Trinajstić information content (AvgIpc) is 2.94. The first-order chi connectivity index (χ1) is 20.4. The van der Waals surface area contributed by atoms with Crippen molar-refractivity contribution in [2.24, 2.45) is 0 Å². The second-order valence-electron chi connectivity index (χ2n) is 12.3. The summed E-state index contributed by atoms with van der Waals surface area (Å²) in [6.07, 6.45) is 8.01. The van der Waals surface area contributed by atoms with Crippen LogP contribution in [0.15, 0.2) is 41.6 Å². The molecule has 0 saturated heterocycles. The van der Waals surface area contributed by atoms with Gasteiger partial charge in [0.05, 0.1) is 11.9 Å². The molecule has 4 rings (SSSR count). The zero-order chi connectivity index (χ0) is 31.3. The highest BCUT2D eigenvalue weighted by Crippen LogP contribution is 2.34. The van der Waals surface area contributed by atoms with Crippen molar-refractivity contribution < 1.29 is 14.3 Å². The van der Waals surface area contributed by atoms with Gasteiger partial charge >= 0.3 is 6.09 Å². The third-order valence-corrected chi connectivity index (χ3v) is 7.91. The molecule has 1 aliphatic carbocycles. The molecule has 3 aromatic rings. The van der Waals surface area contributed by atoms with E-state index in [4.69, 9.17) is 4.74 Å². The van der Waals surface area contributed by atoms with Crippen LogP contribution in [0.3, 0.4) is 0 Å². The Labute approximate surface area is 253 Å². The van der Waals surface area contributed by atoms with Crippen molar-refractivity contribution in [3.63, 3.8) is 0 Å². The molecular formula is C33H44N6O4. The van der Waals surface area contributed by atoms with Gasteiger partial charge in [0.15, 0.2) is 0 Å². The number of carbonyl (C=O) groups excluding carboxylic acids is 2. The zero-order valence-corrected chi connectivity index (χ0v) is 26.3. The van der Waals surface area contributed by atoms with Gasteiger partial charge in [-0.05, 0) is 103 Å². The fraction of sp³-hybridized carbons (Fsp3) is 0.485. The molecule has 0 aliphatic heterocycles. The Morgan fingerprint density at radius 3 is 2.40 bits per heavy atom. The molecule has 2 heterocycles. The number of nitrogens with zero attached hydrogens (tertiary/aromatic N) is 3. The normalized spacial score (nSPS) is 16.8. The number of alkyl carbamates (subject to hydrolysis) is 1. The molecule has 10 nitrogen and oxygen atoms in total. The maximum atomic E-state index is 13.7. The number of nitrogens with one attached hydrogen (secondary N) is 3. The number of hydrogen-bond donors (Lipinski definition) is 3. The lowest BCUT2D eigenvalue weighted by Gasteiger charge is -2.39. The number of hydrogen-bond acceptors (Lipinski definition) is 7. The molecule has 0 radical (unpaired) electrons. The topological polar surface area (TPSA) is 129 Å². The molecule has 230 valence electrons. The molecule has 0 atom stereocenters. The van der Waals surface area contributed by atoms with Crippen LogP contribution in [0.5, 0.6) is 0 Å². The molecular weight excluding hydrogens is 544 g/mol. The second kappa shape index (κ2) is 13.4. The molecule has 1 saturated carbocycles. The van der Waals surface area contributed by atoms with Crippen molar-refractivity contribution >= 4 is 17.7 Å². The standard InChI is InChI=1S/C33H44N6O4/c1-8-39(25-11-9-24(10-12-25)38-32(42)43-33(5,6)7)29-17-23(28-19-34-13-14-35-28)16-26(22(29)4)30(40)36-18-27-20(2)15-21(3)37-31(27)41/h13-17,19,24-25H,8-12,18H2,1-7H3,(H,36,40)(H,37,41)(H,38,42). The summed E-state index contributed by atoms with van der Waals surface area (Å²) in [4.78, 5) is 52.5. The molecule has 1 aromatic carbocycles. The Balaban J connectivity index is 1.59. The summed E-state index contributed by atoms with van der Waals surface area (Å²) >= 11 is 0. The molecule has 0 spiro atoms. The Morgan fingerprint density at radius 1 is 1.07 bits per heavy atom. The summed E-state index contributed by atoms with van der Waals surface area (Å²) in [6.45, 7) is 14.2. The lowest BCUT2D eigenvalue weighted by atomic mass is 9.89. The Morgan fingerprint density at radius 2 is 1.79 bits per heavy atom. The summed E-state index contributed by atoms with van der Waals surface area (Å²) in [5, 5.41) is 6.00. The predicted molar refractivity (Wildman–Crippen MR) is 168 cm³/mol. The van der Waals surface area contributed by atoms with Gasteiger partial charge in [0.1, 0.15) is 5.60 Å². The van der Waals surface area contributed by atoms with Gasteiger partial charge in [0.25, 0.3) is 11.5 Å². The number of aryl methyl sites for hydroxylation is 2. The number of H-pyrrole nitrogens is 1. The minimum Gasteiger partial charge on any atom is -0.444 e. The zero-order valence-electron chi connectivity index (χ0n) is 26.3. The molecule has 3 N–H and O–H groups in total. The first kappa shape index (κ1) is 31.7. The van der Waals surface area contributed by atoms with Crippen LogP contribution in [0.4, 0.5) is 10.5 Å². The lowest BCUT2D eigenvalue weighted by molar-refractivity contribution is 0.0491. The Hall–Kier alpha value is -4.21. The molecule has 43 heavy (non-hydrogen) atoms.